The van der Waals surface area contributed by atoms with E-state index >= 15 is 0 Å². The second kappa shape index (κ2) is 6.06. The number of carbonyl (C=O) groups is 1. The summed E-state index contributed by atoms with van der Waals surface area (Å²) < 4.78 is 16.5. The Hall–Kier alpha value is -1.55. The number of hydrogen-bond donors (Lipinski definition) is 0. The average molecular weight is 292 g/mol. The molecule has 0 N–H and O–H groups in total. The van der Waals surface area contributed by atoms with E-state index in [1.165, 1.54) is 0 Å². The Balaban J connectivity index is 2.35. The SMILES string of the molecule is CCCC1(C(=O)OCC)OC1(CC)c1ccc(OC)cc1. The summed E-state index contributed by atoms with van der Waals surface area (Å²) in [6.07, 6.45) is 2.28. The molecule has 0 bridgehead atoms. The van der Waals surface area contributed by atoms with Crippen LogP contribution >= 0.6 is 0 Å². The van der Waals surface area contributed by atoms with E-state index in [1.54, 1.807) is 7.11 Å². The van der Waals surface area contributed by atoms with E-state index in [-0.39, 0.29) is 5.97 Å². The number of ether oxygens (including phenoxy) is 3. The minimum absolute atomic E-state index is 0.246. The molecular formula is C17H24O4. The molecule has 1 aromatic rings. The maximum atomic E-state index is 12.4. The first-order valence-corrected chi connectivity index (χ1v) is 7.62. The first kappa shape index (κ1) is 15.8. The van der Waals surface area contributed by atoms with Crippen molar-refractivity contribution in [1.82, 2.24) is 0 Å². The lowest BCUT2D eigenvalue weighted by molar-refractivity contribution is -0.149. The predicted molar refractivity (Wildman–Crippen MR) is 80.3 cm³/mol. The normalized spacial score (nSPS) is 27.2. The fraction of sp³-hybridized carbons (Fsp3) is 0.588. The molecule has 1 fully saturated rings. The van der Waals surface area contributed by atoms with Gasteiger partial charge in [0.05, 0.1) is 13.7 Å². The molecule has 0 spiro atoms. The van der Waals surface area contributed by atoms with Crippen LogP contribution in [-0.4, -0.2) is 25.3 Å². The third-order valence-corrected chi connectivity index (χ3v) is 4.22. The molecule has 116 valence electrons. The van der Waals surface area contributed by atoms with Crippen LogP contribution in [0.25, 0.3) is 0 Å². The highest BCUT2D eigenvalue weighted by molar-refractivity contribution is 5.85. The number of carbonyl (C=O) groups excluding carboxylic acids is 1. The molecule has 1 aliphatic rings. The van der Waals surface area contributed by atoms with E-state index in [1.807, 2.05) is 38.1 Å². The molecule has 0 radical (unpaired) electrons. The fourth-order valence-corrected chi connectivity index (χ4v) is 3.15. The third-order valence-electron chi connectivity index (χ3n) is 4.22. The van der Waals surface area contributed by atoms with Crippen molar-refractivity contribution < 1.29 is 19.0 Å². The zero-order chi connectivity index (χ0) is 15.5. The van der Waals surface area contributed by atoms with Crippen LogP contribution < -0.4 is 4.74 Å². The summed E-state index contributed by atoms with van der Waals surface area (Å²) in [4.78, 5) is 12.4. The maximum Gasteiger partial charge on any atom is 0.341 e. The second-order valence-electron chi connectivity index (χ2n) is 5.31. The minimum atomic E-state index is -0.832. The van der Waals surface area contributed by atoms with E-state index in [2.05, 4.69) is 6.92 Å². The Labute approximate surface area is 126 Å². The van der Waals surface area contributed by atoms with Crippen LogP contribution in [0.15, 0.2) is 24.3 Å². The van der Waals surface area contributed by atoms with Crippen molar-refractivity contribution in [2.24, 2.45) is 0 Å². The molecule has 1 aromatic carbocycles. The van der Waals surface area contributed by atoms with Gasteiger partial charge in [0.2, 0.25) is 0 Å². The molecule has 1 aliphatic heterocycles. The van der Waals surface area contributed by atoms with Gasteiger partial charge in [0.1, 0.15) is 11.4 Å². The number of hydrogen-bond acceptors (Lipinski definition) is 4. The fourth-order valence-electron chi connectivity index (χ4n) is 3.15. The van der Waals surface area contributed by atoms with Crippen molar-refractivity contribution in [3.05, 3.63) is 29.8 Å². The molecule has 2 rings (SSSR count). The highest BCUT2D eigenvalue weighted by atomic mass is 16.7. The zero-order valence-corrected chi connectivity index (χ0v) is 13.3. The number of esters is 1. The Morgan fingerprint density at radius 1 is 1.19 bits per heavy atom. The Morgan fingerprint density at radius 3 is 2.33 bits per heavy atom. The van der Waals surface area contributed by atoms with Gasteiger partial charge in [-0.3, -0.25) is 0 Å². The van der Waals surface area contributed by atoms with Crippen LogP contribution in [0, 0.1) is 0 Å². The molecule has 1 heterocycles. The van der Waals surface area contributed by atoms with E-state index < -0.39 is 11.2 Å². The summed E-state index contributed by atoms with van der Waals surface area (Å²) >= 11 is 0. The summed E-state index contributed by atoms with van der Waals surface area (Å²) in [6.45, 7) is 6.29. The zero-order valence-electron chi connectivity index (χ0n) is 13.3. The van der Waals surface area contributed by atoms with Crippen LogP contribution in [0.1, 0.15) is 45.6 Å². The van der Waals surface area contributed by atoms with Gasteiger partial charge in [0.25, 0.3) is 0 Å². The van der Waals surface area contributed by atoms with E-state index in [0.29, 0.717) is 13.0 Å². The molecule has 0 saturated carbocycles. The molecule has 2 atom stereocenters. The van der Waals surface area contributed by atoms with Crippen LogP contribution in [0.4, 0.5) is 0 Å². The topological polar surface area (TPSA) is 48.1 Å². The molecule has 0 aliphatic carbocycles. The van der Waals surface area contributed by atoms with E-state index in [4.69, 9.17) is 14.2 Å². The van der Waals surface area contributed by atoms with E-state index in [0.717, 1.165) is 24.2 Å². The first-order valence-electron chi connectivity index (χ1n) is 7.62. The summed E-state index contributed by atoms with van der Waals surface area (Å²) in [7, 11) is 1.64. The highest BCUT2D eigenvalue weighted by Gasteiger charge is 2.74. The third kappa shape index (κ3) is 2.42. The summed E-state index contributed by atoms with van der Waals surface area (Å²) in [5.74, 6) is 0.549. The van der Waals surface area contributed by atoms with Crippen molar-refractivity contribution in [2.75, 3.05) is 13.7 Å². The van der Waals surface area contributed by atoms with Gasteiger partial charge in [-0.2, -0.15) is 0 Å². The summed E-state index contributed by atoms with van der Waals surface area (Å²) in [5.41, 5.74) is -0.393. The predicted octanol–water partition coefficient (Wildman–Crippen LogP) is 3.43. The van der Waals surface area contributed by atoms with Gasteiger partial charge >= 0.3 is 5.97 Å². The molecule has 21 heavy (non-hydrogen) atoms. The number of benzene rings is 1. The van der Waals surface area contributed by atoms with Crippen molar-refractivity contribution in [2.45, 2.75) is 51.2 Å². The lowest BCUT2D eigenvalue weighted by Gasteiger charge is -2.18. The molecule has 4 nitrogen and oxygen atoms in total. The Kier molecular flexibility index (Phi) is 4.57. The van der Waals surface area contributed by atoms with Crippen molar-refractivity contribution >= 4 is 5.97 Å². The van der Waals surface area contributed by atoms with Gasteiger partial charge in [-0.1, -0.05) is 32.4 Å². The maximum absolute atomic E-state index is 12.4. The molecule has 4 heteroatoms. The lowest BCUT2D eigenvalue weighted by atomic mass is 9.81. The summed E-state index contributed by atoms with van der Waals surface area (Å²) in [6, 6.07) is 7.74. The van der Waals surface area contributed by atoms with Gasteiger partial charge in [-0.15, -0.1) is 0 Å². The average Bonchev–Trinajstić information content (AvgIpc) is 3.18. The van der Waals surface area contributed by atoms with Crippen molar-refractivity contribution in [1.29, 1.82) is 0 Å². The van der Waals surface area contributed by atoms with Crippen LogP contribution in [0.2, 0.25) is 0 Å². The van der Waals surface area contributed by atoms with E-state index in [9.17, 15) is 4.79 Å². The highest BCUT2D eigenvalue weighted by Crippen LogP contribution is 2.61. The van der Waals surface area contributed by atoms with Gasteiger partial charge in [-0.05, 0) is 37.5 Å². The first-order chi connectivity index (χ1) is 10.1. The van der Waals surface area contributed by atoms with Crippen LogP contribution in [0.5, 0.6) is 5.75 Å². The van der Waals surface area contributed by atoms with Crippen molar-refractivity contribution in [3.63, 3.8) is 0 Å². The molecule has 0 amide bonds. The molecule has 2 unspecified atom stereocenters. The minimum Gasteiger partial charge on any atom is -0.497 e. The monoisotopic (exact) mass is 292 g/mol. The summed E-state index contributed by atoms with van der Waals surface area (Å²) in [5, 5.41) is 0. The largest absolute Gasteiger partial charge is 0.497 e. The van der Waals surface area contributed by atoms with Gasteiger partial charge in [0.15, 0.2) is 5.60 Å². The lowest BCUT2D eigenvalue weighted by Crippen LogP contribution is -2.34. The number of rotatable bonds is 7. The molecular weight excluding hydrogens is 268 g/mol. The number of epoxide rings is 1. The Morgan fingerprint density at radius 2 is 1.86 bits per heavy atom. The van der Waals surface area contributed by atoms with Crippen molar-refractivity contribution in [3.8, 4) is 5.75 Å². The smallest absolute Gasteiger partial charge is 0.341 e. The van der Waals surface area contributed by atoms with Crippen LogP contribution in [0.3, 0.4) is 0 Å². The number of methoxy groups -OCH3 is 1. The van der Waals surface area contributed by atoms with Gasteiger partial charge < -0.3 is 14.2 Å². The second-order valence-corrected chi connectivity index (χ2v) is 5.31. The molecule has 0 aromatic heterocycles. The Bertz CT molecular complexity index is 496. The molecule has 1 saturated heterocycles. The van der Waals surface area contributed by atoms with Gasteiger partial charge in [0, 0.05) is 0 Å². The quantitative estimate of drug-likeness (QED) is 0.570. The van der Waals surface area contributed by atoms with Gasteiger partial charge in [-0.25, -0.2) is 4.79 Å². The standard InChI is InChI=1S/C17H24O4/c1-5-12-17(15(18)20-7-3)16(6-2,21-17)13-8-10-14(19-4)11-9-13/h8-11H,5-7,12H2,1-4H3. The van der Waals surface area contributed by atoms with Crippen LogP contribution in [-0.2, 0) is 19.9 Å².